The lowest BCUT2D eigenvalue weighted by molar-refractivity contribution is 1.24. The van der Waals surface area contributed by atoms with Crippen LogP contribution in [0.5, 0.6) is 0 Å². The zero-order chi connectivity index (χ0) is 8.88. The van der Waals surface area contributed by atoms with Gasteiger partial charge in [0, 0.05) is 5.69 Å². The fourth-order valence-corrected chi connectivity index (χ4v) is 1.86. The van der Waals surface area contributed by atoms with Crippen LogP contribution in [-0.2, 0) is 0 Å². The van der Waals surface area contributed by atoms with Crippen molar-refractivity contribution in [3.05, 3.63) is 22.3 Å². The highest BCUT2D eigenvalue weighted by Crippen LogP contribution is 2.26. The molecular formula is C10H13BN. The molecule has 1 aromatic rings. The number of aryl methyl sites for hydroxylation is 1. The molecule has 2 heterocycles. The minimum absolute atomic E-state index is 1.29. The fraction of sp³-hybridized carbons (Fsp3) is 0.400. The lowest BCUT2D eigenvalue weighted by atomic mass is 9.70. The summed E-state index contributed by atoms with van der Waals surface area (Å²) in [5.41, 5.74) is 8.22. The Kier molecular flexibility index (Phi) is 1.47. The summed E-state index contributed by atoms with van der Waals surface area (Å²) in [5, 5.41) is 0. The lowest BCUT2D eigenvalue weighted by Crippen LogP contribution is -2.13. The average Bonchev–Trinajstić information content (AvgIpc) is 2.40. The van der Waals surface area contributed by atoms with Gasteiger partial charge in [-0.3, -0.25) is 0 Å². The molecular weight excluding hydrogens is 145 g/mol. The van der Waals surface area contributed by atoms with E-state index in [1.807, 2.05) is 0 Å². The third kappa shape index (κ3) is 0.810. The van der Waals surface area contributed by atoms with E-state index in [0.29, 0.717) is 0 Å². The summed E-state index contributed by atoms with van der Waals surface area (Å²) in [6.07, 6.45) is 0. The number of nitrogens with one attached hydrogen (secondary N) is 1. The topological polar surface area (TPSA) is 15.8 Å². The molecule has 0 fully saturated rings. The number of fused-ring (bicyclic) bond motifs is 1. The number of allylic oxidation sites excluding steroid dienone is 2. The monoisotopic (exact) mass is 158 g/mol. The number of H-pyrrole nitrogens is 1. The molecule has 0 amide bonds. The first-order valence-corrected chi connectivity index (χ1v) is 4.33. The standard InChI is InChI=1S/C10H13BN/c1-5-7(3)11-10-9(5)6(2)8(4)12-10/h12H,1-4H3. The largest absolute Gasteiger partial charge is 0.370 e. The third-order valence-corrected chi connectivity index (χ3v) is 2.86. The fourth-order valence-electron chi connectivity index (χ4n) is 1.86. The Hall–Kier alpha value is -0.915. The minimum atomic E-state index is 1.29. The first kappa shape index (κ1) is 7.72. The number of hydrogen-bond donors (Lipinski definition) is 1. The highest BCUT2D eigenvalue weighted by atomic mass is 14.7. The number of hydrogen-bond acceptors (Lipinski definition) is 0. The third-order valence-electron chi connectivity index (χ3n) is 2.86. The first-order valence-electron chi connectivity index (χ1n) is 4.33. The molecule has 61 valence electrons. The van der Waals surface area contributed by atoms with Crippen molar-refractivity contribution in [2.45, 2.75) is 27.7 Å². The van der Waals surface area contributed by atoms with Crippen LogP contribution < -0.4 is 5.59 Å². The Morgan fingerprint density at radius 1 is 1.08 bits per heavy atom. The lowest BCUT2D eigenvalue weighted by Gasteiger charge is -1.98. The van der Waals surface area contributed by atoms with Crippen molar-refractivity contribution in [3.8, 4) is 0 Å². The summed E-state index contributed by atoms with van der Waals surface area (Å²) in [6.45, 7) is 8.67. The molecule has 0 saturated heterocycles. The molecule has 2 heteroatoms. The Labute approximate surface area is 74.1 Å². The molecule has 1 N–H and O–H groups in total. The molecule has 0 saturated carbocycles. The highest BCUT2D eigenvalue weighted by molar-refractivity contribution is 6.65. The van der Waals surface area contributed by atoms with Gasteiger partial charge in [-0.25, -0.2) is 0 Å². The van der Waals surface area contributed by atoms with Crippen LogP contribution in [0.4, 0.5) is 0 Å². The normalized spacial score (nSPS) is 15.0. The Morgan fingerprint density at radius 2 is 1.75 bits per heavy atom. The summed E-state index contributed by atoms with van der Waals surface area (Å²) >= 11 is 0. The van der Waals surface area contributed by atoms with Gasteiger partial charge in [-0.1, -0.05) is 18.0 Å². The van der Waals surface area contributed by atoms with Gasteiger partial charge in [0.1, 0.15) is 0 Å². The van der Waals surface area contributed by atoms with Gasteiger partial charge in [0.05, 0.1) is 0 Å². The SMILES string of the molecule is CC1=C(C)c2c([nH]c(C)c2C)[B]1. The number of aromatic amines is 1. The Balaban J connectivity index is 2.67. The van der Waals surface area contributed by atoms with Crippen LogP contribution in [0.1, 0.15) is 30.7 Å². The second-order valence-electron chi connectivity index (χ2n) is 3.62. The molecule has 1 radical (unpaired) electrons. The van der Waals surface area contributed by atoms with E-state index in [4.69, 9.17) is 0 Å². The molecule has 1 aromatic heterocycles. The predicted molar refractivity (Wildman–Crippen MR) is 53.9 cm³/mol. The van der Waals surface area contributed by atoms with Crippen molar-refractivity contribution in [3.63, 3.8) is 0 Å². The van der Waals surface area contributed by atoms with E-state index in [-0.39, 0.29) is 0 Å². The van der Waals surface area contributed by atoms with Crippen molar-refractivity contribution < 1.29 is 0 Å². The average molecular weight is 158 g/mol. The molecule has 0 unspecified atom stereocenters. The highest BCUT2D eigenvalue weighted by Gasteiger charge is 2.21. The summed E-state index contributed by atoms with van der Waals surface area (Å²) in [4.78, 5) is 3.39. The van der Waals surface area contributed by atoms with Gasteiger partial charge in [0.15, 0.2) is 0 Å². The van der Waals surface area contributed by atoms with Gasteiger partial charge in [-0.2, -0.15) is 0 Å². The van der Waals surface area contributed by atoms with Crippen LogP contribution in [0, 0.1) is 13.8 Å². The zero-order valence-electron chi connectivity index (χ0n) is 8.08. The minimum Gasteiger partial charge on any atom is -0.370 e. The quantitative estimate of drug-likeness (QED) is 0.553. The van der Waals surface area contributed by atoms with E-state index in [0.717, 1.165) is 0 Å². The van der Waals surface area contributed by atoms with Crippen molar-refractivity contribution in [2.75, 3.05) is 0 Å². The van der Waals surface area contributed by atoms with Crippen molar-refractivity contribution in [1.29, 1.82) is 0 Å². The predicted octanol–water partition coefficient (Wildman–Crippen LogP) is 1.73. The molecule has 0 spiro atoms. The van der Waals surface area contributed by atoms with Gasteiger partial charge in [-0.05, 0) is 37.5 Å². The van der Waals surface area contributed by atoms with Crippen molar-refractivity contribution >= 4 is 18.4 Å². The molecule has 12 heavy (non-hydrogen) atoms. The summed E-state index contributed by atoms with van der Waals surface area (Å²) < 4.78 is 0. The van der Waals surface area contributed by atoms with E-state index in [2.05, 4.69) is 40.0 Å². The first-order chi connectivity index (χ1) is 5.61. The summed E-state index contributed by atoms with van der Waals surface area (Å²) in [7, 11) is 2.23. The van der Waals surface area contributed by atoms with E-state index in [9.17, 15) is 0 Å². The van der Waals surface area contributed by atoms with Crippen LogP contribution in [0.2, 0.25) is 0 Å². The second kappa shape index (κ2) is 2.29. The van der Waals surface area contributed by atoms with E-state index < -0.39 is 0 Å². The molecule has 0 atom stereocenters. The molecule has 1 nitrogen and oxygen atoms in total. The molecule has 1 aliphatic rings. The van der Waals surface area contributed by atoms with Crippen LogP contribution in [0.15, 0.2) is 5.47 Å². The maximum Gasteiger partial charge on any atom is 0.209 e. The van der Waals surface area contributed by atoms with Gasteiger partial charge in [0.2, 0.25) is 7.28 Å². The summed E-state index contributed by atoms with van der Waals surface area (Å²) in [5.74, 6) is 0. The smallest absolute Gasteiger partial charge is 0.209 e. The molecule has 1 aliphatic heterocycles. The number of aromatic nitrogens is 1. The Bertz CT molecular complexity index is 371. The number of rotatable bonds is 0. The van der Waals surface area contributed by atoms with E-state index in [1.165, 1.54) is 33.5 Å². The van der Waals surface area contributed by atoms with Crippen LogP contribution in [0.3, 0.4) is 0 Å². The Morgan fingerprint density at radius 3 is 2.33 bits per heavy atom. The van der Waals surface area contributed by atoms with Crippen LogP contribution in [0.25, 0.3) is 5.57 Å². The van der Waals surface area contributed by atoms with Gasteiger partial charge in [0.25, 0.3) is 0 Å². The van der Waals surface area contributed by atoms with Crippen LogP contribution >= 0.6 is 0 Å². The molecule has 0 aliphatic carbocycles. The van der Waals surface area contributed by atoms with Gasteiger partial charge < -0.3 is 4.98 Å². The van der Waals surface area contributed by atoms with Gasteiger partial charge >= 0.3 is 0 Å². The second-order valence-corrected chi connectivity index (χ2v) is 3.62. The zero-order valence-corrected chi connectivity index (χ0v) is 8.08. The summed E-state index contributed by atoms with van der Waals surface area (Å²) in [6, 6.07) is 0. The molecule has 2 rings (SSSR count). The van der Waals surface area contributed by atoms with Gasteiger partial charge in [-0.15, -0.1) is 0 Å². The van der Waals surface area contributed by atoms with E-state index in [1.54, 1.807) is 0 Å². The maximum atomic E-state index is 3.39. The maximum absolute atomic E-state index is 3.39. The van der Waals surface area contributed by atoms with Crippen molar-refractivity contribution in [2.24, 2.45) is 0 Å². The van der Waals surface area contributed by atoms with Crippen molar-refractivity contribution in [1.82, 2.24) is 4.98 Å². The van der Waals surface area contributed by atoms with Crippen LogP contribution in [-0.4, -0.2) is 12.3 Å². The van der Waals surface area contributed by atoms with E-state index >= 15 is 0 Å². The molecule has 0 bridgehead atoms. The molecule has 0 aromatic carbocycles.